The second-order valence-electron chi connectivity index (χ2n) is 5.13. The smallest absolute Gasteiger partial charge is 0.167 e. The van der Waals surface area contributed by atoms with Crippen molar-refractivity contribution in [2.24, 2.45) is 23.7 Å². The van der Waals surface area contributed by atoms with Crippen LogP contribution in [0.15, 0.2) is 0 Å². The second kappa shape index (κ2) is 5.86. The van der Waals surface area contributed by atoms with Gasteiger partial charge in [0.15, 0.2) is 5.79 Å². The van der Waals surface area contributed by atoms with Gasteiger partial charge in [-0.3, -0.25) is 0 Å². The van der Waals surface area contributed by atoms with Crippen molar-refractivity contribution in [2.75, 3.05) is 0 Å². The molecule has 0 radical (unpaired) electrons. The number of aliphatic hydroxyl groups is 2. The zero-order valence-electron chi connectivity index (χ0n) is 11.1. The summed E-state index contributed by atoms with van der Waals surface area (Å²) in [6.45, 7) is 12.3. The maximum absolute atomic E-state index is 10.1. The van der Waals surface area contributed by atoms with Gasteiger partial charge in [0.25, 0.3) is 0 Å². The molecular weight excluding hydrogens is 188 g/mol. The van der Waals surface area contributed by atoms with E-state index in [2.05, 4.69) is 20.8 Å². The highest BCUT2D eigenvalue weighted by molar-refractivity contribution is 4.82. The largest absolute Gasteiger partial charge is 0.365 e. The van der Waals surface area contributed by atoms with Crippen molar-refractivity contribution in [3.05, 3.63) is 0 Å². The Morgan fingerprint density at radius 3 is 1.73 bits per heavy atom. The minimum absolute atomic E-state index is 0.0704. The number of hydrogen-bond donors (Lipinski definition) is 2. The van der Waals surface area contributed by atoms with Gasteiger partial charge in [-0.1, -0.05) is 48.0 Å². The van der Waals surface area contributed by atoms with Crippen LogP contribution < -0.4 is 0 Å². The Bertz CT molecular complexity index is 177. The van der Waals surface area contributed by atoms with Crippen molar-refractivity contribution in [2.45, 2.75) is 60.2 Å². The van der Waals surface area contributed by atoms with Gasteiger partial charge in [-0.15, -0.1) is 0 Å². The van der Waals surface area contributed by atoms with Crippen LogP contribution in [0.2, 0.25) is 0 Å². The third-order valence-corrected chi connectivity index (χ3v) is 4.34. The molecule has 0 heterocycles. The van der Waals surface area contributed by atoms with E-state index in [1.165, 1.54) is 0 Å². The summed E-state index contributed by atoms with van der Waals surface area (Å²) < 4.78 is 0. The Morgan fingerprint density at radius 2 is 1.40 bits per heavy atom. The zero-order chi connectivity index (χ0) is 12.2. The van der Waals surface area contributed by atoms with Gasteiger partial charge < -0.3 is 10.2 Å². The molecule has 0 spiro atoms. The molecule has 0 aromatic carbocycles. The van der Waals surface area contributed by atoms with Crippen molar-refractivity contribution in [1.29, 1.82) is 0 Å². The van der Waals surface area contributed by atoms with Crippen LogP contribution in [-0.2, 0) is 0 Å². The van der Waals surface area contributed by atoms with Crippen LogP contribution >= 0.6 is 0 Å². The minimum atomic E-state index is -1.53. The molecule has 0 aliphatic carbocycles. The Kier molecular flexibility index (Phi) is 5.82. The molecular formula is C13H28O2. The molecule has 4 atom stereocenters. The van der Waals surface area contributed by atoms with Crippen molar-refractivity contribution in [3.63, 3.8) is 0 Å². The molecule has 0 bridgehead atoms. The fraction of sp³-hybridized carbons (Fsp3) is 1.00. The van der Waals surface area contributed by atoms with Crippen LogP contribution in [0.5, 0.6) is 0 Å². The molecule has 0 amide bonds. The van der Waals surface area contributed by atoms with Crippen LogP contribution in [0.4, 0.5) is 0 Å². The standard InChI is InChI=1S/C13H28O2/c1-7-9(3)11(5)12(6)13(14,15)10(4)8-2/h9-12,14-15H,7-8H2,1-6H3. The van der Waals surface area contributed by atoms with Crippen LogP contribution in [0, 0.1) is 23.7 Å². The van der Waals surface area contributed by atoms with E-state index >= 15 is 0 Å². The molecule has 2 nitrogen and oxygen atoms in total. The van der Waals surface area contributed by atoms with Gasteiger partial charge in [-0.2, -0.15) is 0 Å². The van der Waals surface area contributed by atoms with Crippen LogP contribution in [0.1, 0.15) is 54.4 Å². The summed E-state index contributed by atoms with van der Waals surface area (Å²) in [4.78, 5) is 0. The Balaban J connectivity index is 4.60. The molecule has 0 rings (SSSR count). The summed E-state index contributed by atoms with van der Waals surface area (Å²) in [7, 11) is 0. The van der Waals surface area contributed by atoms with Gasteiger partial charge in [-0.25, -0.2) is 0 Å². The Labute approximate surface area is 94.7 Å². The lowest BCUT2D eigenvalue weighted by atomic mass is 9.75. The van der Waals surface area contributed by atoms with Crippen molar-refractivity contribution < 1.29 is 10.2 Å². The molecule has 0 saturated carbocycles. The fourth-order valence-electron chi connectivity index (χ4n) is 2.00. The van der Waals surface area contributed by atoms with Gasteiger partial charge in [-0.05, 0) is 18.3 Å². The first-order valence-corrected chi connectivity index (χ1v) is 6.23. The first-order valence-electron chi connectivity index (χ1n) is 6.23. The van der Waals surface area contributed by atoms with Crippen molar-refractivity contribution in [1.82, 2.24) is 0 Å². The zero-order valence-corrected chi connectivity index (χ0v) is 11.1. The van der Waals surface area contributed by atoms with Crippen LogP contribution in [0.3, 0.4) is 0 Å². The molecule has 0 aliphatic rings. The predicted molar refractivity (Wildman–Crippen MR) is 64.4 cm³/mol. The van der Waals surface area contributed by atoms with Crippen LogP contribution in [-0.4, -0.2) is 16.0 Å². The third kappa shape index (κ3) is 3.46. The maximum Gasteiger partial charge on any atom is 0.167 e. The lowest BCUT2D eigenvalue weighted by Crippen LogP contribution is -2.46. The first kappa shape index (κ1) is 14.9. The Morgan fingerprint density at radius 1 is 0.933 bits per heavy atom. The van der Waals surface area contributed by atoms with E-state index in [1.54, 1.807) is 0 Å². The van der Waals surface area contributed by atoms with E-state index in [9.17, 15) is 10.2 Å². The van der Waals surface area contributed by atoms with Gasteiger partial charge >= 0.3 is 0 Å². The SMILES string of the molecule is CCC(C)C(C)C(C)C(O)(O)C(C)CC. The summed E-state index contributed by atoms with van der Waals surface area (Å²) in [5, 5.41) is 20.2. The van der Waals surface area contributed by atoms with E-state index in [4.69, 9.17) is 0 Å². The van der Waals surface area contributed by atoms with E-state index < -0.39 is 5.79 Å². The third-order valence-electron chi connectivity index (χ3n) is 4.34. The maximum atomic E-state index is 10.1. The second-order valence-corrected chi connectivity index (χ2v) is 5.13. The topological polar surface area (TPSA) is 40.5 Å². The lowest BCUT2D eigenvalue weighted by Gasteiger charge is -2.39. The van der Waals surface area contributed by atoms with E-state index in [1.807, 2.05) is 20.8 Å². The van der Waals surface area contributed by atoms with Crippen molar-refractivity contribution in [3.8, 4) is 0 Å². The average Bonchev–Trinajstić information content (AvgIpc) is 2.24. The molecule has 15 heavy (non-hydrogen) atoms. The monoisotopic (exact) mass is 216 g/mol. The van der Waals surface area contributed by atoms with E-state index in [0.29, 0.717) is 11.8 Å². The normalized spacial score (nSPS) is 20.8. The molecule has 0 fully saturated rings. The van der Waals surface area contributed by atoms with Gasteiger partial charge in [0.2, 0.25) is 0 Å². The molecule has 0 saturated heterocycles. The van der Waals surface area contributed by atoms with Gasteiger partial charge in [0, 0.05) is 11.8 Å². The van der Waals surface area contributed by atoms with Gasteiger partial charge in [0.1, 0.15) is 0 Å². The first-order chi connectivity index (χ1) is 6.78. The number of hydrogen-bond acceptors (Lipinski definition) is 2. The van der Waals surface area contributed by atoms with Crippen molar-refractivity contribution >= 4 is 0 Å². The highest BCUT2D eigenvalue weighted by Crippen LogP contribution is 2.35. The molecule has 0 aliphatic heterocycles. The summed E-state index contributed by atoms with van der Waals surface area (Å²) in [5.74, 6) is -0.819. The summed E-state index contributed by atoms with van der Waals surface area (Å²) in [6.07, 6.45) is 1.88. The number of rotatable bonds is 6. The Hall–Kier alpha value is -0.0800. The predicted octanol–water partition coefficient (Wildman–Crippen LogP) is 3.03. The summed E-state index contributed by atoms with van der Waals surface area (Å²) in [5.41, 5.74) is 0. The molecule has 4 unspecified atom stereocenters. The fourth-order valence-corrected chi connectivity index (χ4v) is 2.00. The highest BCUT2D eigenvalue weighted by Gasteiger charge is 2.39. The summed E-state index contributed by atoms with van der Waals surface area (Å²) >= 11 is 0. The molecule has 2 heteroatoms. The average molecular weight is 216 g/mol. The van der Waals surface area contributed by atoms with E-state index in [0.717, 1.165) is 12.8 Å². The minimum Gasteiger partial charge on any atom is -0.365 e. The highest BCUT2D eigenvalue weighted by atomic mass is 16.5. The van der Waals surface area contributed by atoms with Gasteiger partial charge in [0.05, 0.1) is 0 Å². The van der Waals surface area contributed by atoms with E-state index in [-0.39, 0.29) is 11.8 Å². The quantitative estimate of drug-likeness (QED) is 0.670. The molecule has 0 aromatic heterocycles. The molecule has 92 valence electrons. The molecule has 2 N–H and O–H groups in total. The summed E-state index contributed by atoms with van der Waals surface area (Å²) in [6, 6.07) is 0. The molecule has 0 aromatic rings. The lowest BCUT2D eigenvalue weighted by molar-refractivity contribution is -0.242. The van der Waals surface area contributed by atoms with Crippen LogP contribution in [0.25, 0.3) is 0 Å².